The van der Waals surface area contributed by atoms with Crippen LogP contribution in [0.3, 0.4) is 0 Å². The first-order valence-corrected chi connectivity index (χ1v) is 5.95. The fraction of sp³-hybridized carbons (Fsp3) is 0. The number of halogens is 2. The highest BCUT2D eigenvalue weighted by Gasteiger charge is 2.09. The van der Waals surface area contributed by atoms with E-state index >= 15 is 0 Å². The van der Waals surface area contributed by atoms with E-state index in [1.54, 1.807) is 42.5 Å². The first-order valence-electron chi connectivity index (χ1n) is 5.19. The minimum absolute atomic E-state index is 0.397. The van der Waals surface area contributed by atoms with E-state index in [1.807, 2.05) is 0 Å². The van der Waals surface area contributed by atoms with E-state index in [0.717, 1.165) is 0 Å². The predicted molar refractivity (Wildman–Crippen MR) is 74.7 cm³/mol. The lowest BCUT2D eigenvalue weighted by molar-refractivity contribution is 0.100. The van der Waals surface area contributed by atoms with Crippen LogP contribution >= 0.6 is 23.2 Å². The van der Waals surface area contributed by atoms with E-state index in [0.29, 0.717) is 27.0 Å². The van der Waals surface area contributed by atoms with E-state index in [4.69, 9.17) is 28.9 Å². The Hall–Kier alpha value is -1.71. The van der Waals surface area contributed by atoms with Gasteiger partial charge in [-0.3, -0.25) is 4.79 Å². The molecule has 1 amide bonds. The summed E-state index contributed by atoms with van der Waals surface area (Å²) in [7, 11) is 0. The molecule has 0 radical (unpaired) electrons. The maximum atomic E-state index is 11.3. The van der Waals surface area contributed by atoms with Gasteiger partial charge in [0.25, 0.3) is 5.91 Å². The van der Waals surface area contributed by atoms with Crippen LogP contribution < -0.4 is 11.1 Å². The fourth-order valence-corrected chi connectivity index (χ4v) is 1.90. The van der Waals surface area contributed by atoms with Crippen molar-refractivity contribution in [1.29, 1.82) is 0 Å². The Morgan fingerprint density at radius 3 is 2.39 bits per heavy atom. The lowest BCUT2D eigenvalue weighted by Crippen LogP contribution is -2.13. The topological polar surface area (TPSA) is 55.1 Å². The number of nitrogens with one attached hydrogen (secondary N) is 1. The van der Waals surface area contributed by atoms with Gasteiger partial charge in [-0.2, -0.15) is 0 Å². The van der Waals surface area contributed by atoms with Gasteiger partial charge in [-0.25, -0.2) is 0 Å². The Morgan fingerprint density at radius 2 is 1.67 bits per heavy atom. The normalized spacial score (nSPS) is 10.1. The number of primary amides is 1. The number of hydrogen-bond donors (Lipinski definition) is 2. The first-order chi connectivity index (χ1) is 8.59. The van der Waals surface area contributed by atoms with Crippen molar-refractivity contribution in [2.45, 2.75) is 0 Å². The van der Waals surface area contributed by atoms with Crippen LogP contribution in [0.1, 0.15) is 10.4 Å². The third-order valence-electron chi connectivity index (χ3n) is 2.41. The minimum atomic E-state index is -0.503. The molecule has 0 atom stereocenters. The smallest absolute Gasteiger partial charge is 0.250 e. The first kappa shape index (κ1) is 12.7. The summed E-state index contributed by atoms with van der Waals surface area (Å²) in [6.45, 7) is 0. The molecule has 0 aliphatic carbocycles. The molecule has 0 unspecified atom stereocenters. The van der Waals surface area contributed by atoms with Crippen molar-refractivity contribution in [2.75, 3.05) is 5.32 Å². The summed E-state index contributed by atoms with van der Waals surface area (Å²) in [4.78, 5) is 11.3. The summed E-state index contributed by atoms with van der Waals surface area (Å²) >= 11 is 12.0. The largest absolute Gasteiger partial charge is 0.366 e. The SMILES string of the molecule is NC(=O)c1ccccc1Nc1cccc(Cl)c1Cl. The maximum absolute atomic E-state index is 11.3. The Kier molecular flexibility index (Phi) is 3.75. The van der Waals surface area contributed by atoms with Crippen LogP contribution in [-0.4, -0.2) is 5.91 Å². The van der Waals surface area contributed by atoms with Gasteiger partial charge in [0.05, 0.1) is 27.0 Å². The molecule has 0 bridgehead atoms. The van der Waals surface area contributed by atoms with Gasteiger partial charge in [0.15, 0.2) is 0 Å². The van der Waals surface area contributed by atoms with Gasteiger partial charge < -0.3 is 11.1 Å². The molecule has 0 saturated heterocycles. The van der Waals surface area contributed by atoms with Crippen LogP contribution in [0.4, 0.5) is 11.4 Å². The van der Waals surface area contributed by atoms with Gasteiger partial charge in [-0.1, -0.05) is 41.4 Å². The highest BCUT2D eigenvalue weighted by atomic mass is 35.5. The van der Waals surface area contributed by atoms with Crippen LogP contribution in [0.25, 0.3) is 0 Å². The molecule has 2 aromatic rings. The molecule has 0 spiro atoms. The second-order valence-electron chi connectivity index (χ2n) is 3.64. The van der Waals surface area contributed by atoms with E-state index in [2.05, 4.69) is 5.32 Å². The van der Waals surface area contributed by atoms with Gasteiger partial charge in [-0.15, -0.1) is 0 Å². The lowest BCUT2D eigenvalue weighted by Gasteiger charge is -2.11. The number of carbonyl (C=O) groups excluding carboxylic acids is 1. The quantitative estimate of drug-likeness (QED) is 0.898. The maximum Gasteiger partial charge on any atom is 0.250 e. The van der Waals surface area contributed by atoms with Crippen molar-refractivity contribution < 1.29 is 4.79 Å². The van der Waals surface area contributed by atoms with Crippen LogP contribution in [0.2, 0.25) is 10.0 Å². The van der Waals surface area contributed by atoms with Gasteiger partial charge in [0, 0.05) is 0 Å². The molecule has 5 heteroatoms. The number of benzene rings is 2. The van der Waals surface area contributed by atoms with Gasteiger partial charge in [-0.05, 0) is 24.3 Å². The number of amides is 1. The summed E-state index contributed by atoms with van der Waals surface area (Å²) in [6.07, 6.45) is 0. The number of carbonyl (C=O) groups is 1. The zero-order valence-corrected chi connectivity index (χ0v) is 10.8. The van der Waals surface area contributed by atoms with Crippen LogP contribution in [0.5, 0.6) is 0 Å². The van der Waals surface area contributed by atoms with Crippen molar-refractivity contribution in [1.82, 2.24) is 0 Å². The average molecular weight is 281 g/mol. The summed E-state index contributed by atoms with van der Waals surface area (Å²) in [5, 5.41) is 3.89. The molecule has 0 aliphatic heterocycles. The van der Waals surface area contributed by atoms with E-state index in [9.17, 15) is 4.79 Å². The van der Waals surface area contributed by atoms with Crippen molar-refractivity contribution >= 4 is 40.5 Å². The number of nitrogens with two attached hydrogens (primary N) is 1. The zero-order chi connectivity index (χ0) is 13.1. The summed E-state index contributed by atoms with van der Waals surface area (Å²) < 4.78 is 0. The lowest BCUT2D eigenvalue weighted by atomic mass is 10.1. The predicted octanol–water partition coefficient (Wildman–Crippen LogP) is 3.84. The molecular formula is C13H10Cl2N2O. The second-order valence-corrected chi connectivity index (χ2v) is 4.42. The van der Waals surface area contributed by atoms with Crippen molar-refractivity contribution in [2.24, 2.45) is 5.73 Å². The molecule has 0 saturated carbocycles. The third kappa shape index (κ3) is 2.58. The van der Waals surface area contributed by atoms with Crippen LogP contribution in [0.15, 0.2) is 42.5 Å². The van der Waals surface area contributed by atoms with Gasteiger partial charge in [0.2, 0.25) is 0 Å². The van der Waals surface area contributed by atoms with Gasteiger partial charge in [0.1, 0.15) is 0 Å². The Balaban J connectivity index is 2.40. The Morgan fingerprint density at radius 1 is 1.00 bits per heavy atom. The van der Waals surface area contributed by atoms with E-state index < -0.39 is 5.91 Å². The van der Waals surface area contributed by atoms with Crippen molar-refractivity contribution in [3.63, 3.8) is 0 Å². The molecule has 18 heavy (non-hydrogen) atoms. The molecule has 3 nitrogen and oxygen atoms in total. The van der Waals surface area contributed by atoms with Crippen molar-refractivity contribution in [3.05, 3.63) is 58.1 Å². The van der Waals surface area contributed by atoms with Crippen LogP contribution in [0, 0.1) is 0 Å². The Labute approximate surface area is 115 Å². The monoisotopic (exact) mass is 280 g/mol. The highest BCUT2D eigenvalue weighted by molar-refractivity contribution is 6.43. The molecule has 3 N–H and O–H groups in total. The fourth-order valence-electron chi connectivity index (χ4n) is 1.55. The molecular weight excluding hydrogens is 271 g/mol. The minimum Gasteiger partial charge on any atom is -0.366 e. The molecule has 0 fully saturated rings. The zero-order valence-electron chi connectivity index (χ0n) is 9.28. The van der Waals surface area contributed by atoms with Crippen LogP contribution in [-0.2, 0) is 0 Å². The molecule has 2 rings (SSSR count). The number of anilines is 2. The average Bonchev–Trinajstić information content (AvgIpc) is 2.35. The molecule has 0 aromatic heterocycles. The standard InChI is InChI=1S/C13H10Cl2N2O/c14-9-5-3-7-11(12(9)15)17-10-6-2-1-4-8(10)13(16)18/h1-7,17H,(H2,16,18). The highest BCUT2D eigenvalue weighted by Crippen LogP contribution is 2.32. The van der Waals surface area contributed by atoms with E-state index in [-0.39, 0.29) is 0 Å². The number of hydrogen-bond acceptors (Lipinski definition) is 2. The molecule has 92 valence electrons. The second kappa shape index (κ2) is 5.29. The number of para-hydroxylation sites is 1. The molecule has 2 aromatic carbocycles. The summed E-state index contributed by atoms with van der Waals surface area (Å²) in [6, 6.07) is 12.2. The molecule has 0 aliphatic rings. The summed E-state index contributed by atoms with van der Waals surface area (Å²) in [5.74, 6) is -0.503. The third-order valence-corrected chi connectivity index (χ3v) is 3.23. The number of rotatable bonds is 3. The van der Waals surface area contributed by atoms with Gasteiger partial charge >= 0.3 is 0 Å². The van der Waals surface area contributed by atoms with Crippen molar-refractivity contribution in [3.8, 4) is 0 Å². The Bertz CT molecular complexity index is 599. The molecule has 0 heterocycles. The van der Waals surface area contributed by atoms with E-state index in [1.165, 1.54) is 0 Å². The summed E-state index contributed by atoms with van der Waals surface area (Å²) in [5.41, 5.74) is 6.91.